The summed E-state index contributed by atoms with van der Waals surface area (Å²) in [4.78, 5) is 30.9. The monoisotopic (exact) mass is 351 g/mol. The molecule has 0 bridgehead atoms. The minimum Gasteiger partial charge on any atom is -0.324 e. The smallest absolute Gasteiger partial charge is 0.251 e. The number of amides is 1. The number of hydrogen-bond donors (Lipinski definition) is 2. The highest BCUT2D eigenvalue weighted by atomic mass is 35.5. The number of carbonyl (C=O) groups is 1. The van der Waals surface area contributed by atoms with Gasteiger partial charge < -0.3 is 10.3 Å². The van der Waals surface area contributed by atoms with Crippen molar-refractivity contribution >= 4 is 35.0 Å². The number of carbonyl (C=O) groups excluding carboxylic acids is 1. The maximum atomic E-state index is 12.3. The van der Waals surface area contributed by atoms with E-state index < -0.39 is 5.25 Å². The molecule has 0 aliphatic heterocycles. The van der Waals surface area contributed by atoms with E-state index in [4.69, 9.17) is 11.6 Å². The van der Waals surface area contributed by atoms with Gasteiger partial charge in [0.15, 0.2) is 5.16 Å². The molecule has 1 amide bonds. The molecule has 0 fully saturated rings. The predicted octanol–water partition coefficient (Wildman–Crippen LogP) is 3.50. The Morgan fingerprint density at radius 3 is 2.87 bits per heavy atom. The van der Waals surface area contributed by atoms with Crippen LogP contribution in [0.25, 0.3) is 0 Å². The number of nitrogens with one attached hydrogen (secondary N) is 2. The van der Waals surface area contributed by atoms with Crippen LogP contribution in [0.4, 0.5) is 5.69 Å². The van der Waals surface area contributed by atoms with Gasteiger partial charge in [0.2, 0.25) is 5.91 Å². The van der Waals surface area contributed by atoms with Crippen LogP contribution in [0.3, 0.4) is 0 Å². The summed E-state index contributed by atoms with van der Waals surface area (Å²) in [6.07, 6.45) is 1.64. The Hall–Kier alpha value is -1.79. The molecule has 0 aliphatic rings. The number of anilines is 1. The van der Waals surface area contributed by atoms with Crippen molar-refractivity contribution in [1.82, 2.24) is 9.97 Å². The van der Waals surface area contributed by atoms with E-state index in [1.165, 1.54) is 17.8 Å². The minimum atomic E-state index is -0.425. The number of halogens is 1. The molecule has 7 heteroatoms. The Morgan fingerprint density at radius 1 is 1.43 bits per heavy atom. The van der Waals surface area contributed by atoms with Gasteiger partial charge >= 0.3 is 0 Å². The molecule has 0 saturated heterocycles. The van der Waals surface area contributed by atoms with Gasteiger partial charge in [-0.15, -0.1) is 0 Å². The summed E-state index contributed by atoms with van der Waals surface area (Å²) in [6.45, 7) is 3.78. The molecular weight excluding hydrogens is 334 g/mol. The van der Waals surface area contributed by atoms with Crippen LogP contribution in [0, 0.1) is 0 Å². The van der Waals surface area contributed by atoms with E-state index in [-0.39, 0.29) is 11.5 Å². The Bertz CT molecular complexity index is 748. The first kappa shape index (κ1) is 17.6. The van der Waals surface area contributed by atoms with Crippen LogP contribution in [0.15, 0.2) is 40.3 Å². The van der Waals surface area contributed by atoms with Crippen LogP contribution < -0.4 is 10.9 Å². The predicted molar refractivity (Wildman–Crippen MR) is 94.3 cm³/mol. The average molecular weight is 352 g/mol. The van der Waals surface area contributed by atoms with Crippen molar-refractivity contribution in [1.29, 1.82) is 0 Å². The van der Waals surface area contributed by atoms with Crippen molar-refractivity contribution in [2.75, 3.05) is 5.32 Å². The maximum absolute atomic E-state index is 12.3. The first-order valence-corrected chi connectivity index (χ1v) is 8.57. The highest BCUT2D eigenvalue weighted by Gasteiger charge is 2.17. The van der Waals surface area contributed by atoms with E-state index in [2.05, 4.69) is 15.3 Å². The molecule has 5 nitrogen and oxygen atoms in total. The van der Waals surface area contributed by atoms with Gasteiger partial charge in [-0.1, -0.05) is 48.8 Å². The van der Waals surface area contributed by atoms with Gasteiger partial charge in [-0.05, 0) is 25.5 Å². The topological polar surface area (TPSA) is 74.8 Å². The van der Waals surface area contributed by atoms with Crippen LogP contribution in [-0.4, -0.2) is 21.1 Å². The second-order valence-corrected chi connectivity index (χ2v) is 6.76. The molecule has 0 unspecified atom stereocenters. The van der Waals surface area contributed by atoms with Crippen LogP contribution in [0.1, 0.15) is 26.0 Å². The van der Waals surface area contributed by atoms with Crippen molar-refractivity contribution in [2.24, 2.45) is 0 Å². The van der Waals surface area contributed by atoms with Crippen molar-refractivity contribution < 1.29 is 4.79 Å². The van der Waals surface area contributed by atoms with E-state index in [1.807, 2.05) is 6.92 Å². The Labute approximate surface area is 143 Å². The number of rotatable bonds is 6. The Kier molecular flexibility index (Phi) is 6.24. The number of hydrogen-bond acceptors (Lipinski definition) is 4. The van der Waals surface area contributed by atoms with E-state index in [0.717, 1.165) is 18.5 Å². The molecule has 1 atom stereocenters. The van der Waals surface area contributed by atoms with E-state index in [0.29, 0.717) is 15.9 Å². The molecule has 0 aliphatic carbocycles. The number of thioether (sulfide) groups is 1. The number of aromatic nitrogens is 2. The average Bonchev–Trinajstić information content (AvgIpc) is 2.49. The third-order valence-corrected chi connectivity index (χ3v) is 4.38. The lowest BCUT2D eigenvalue weighted by Gasteiger charge is -2.12. The van der Waals surface area contributed by atoms with Gasteiger partial charge in [-0.2, -0.15) is 0 Å². The summed E-state index contributed by atoms with van der Waals surface area (Å²) >= 11 is 7.24. The fraction of sp³-hybridized carbons (Fsp3) is 0.312. The molecule has 0 spiro atoms. The summed E-state index contributed by atoms with van der Waals surface area (Å²) in [5, 5.41) is 3.28. The summed E-state index contributed by atoms with van der Waals surface area (Å²) in [6, 6.07) is 8.53. The minimum absolute atomic E-state index is 0.202. The van der Waals surface area contributed by atoms with Crippen LogP contribution in [0.5, 0.6) is 0 Å². The normalized spacial score (nSPS) is 12.0. The lowest BCUT2D eigenvalue weighted by molar-refractivity contribution is -0.115. The van der Waals surface area contributed by atoms with Crippen molar-refractivity contribution in [3.63, 3.8) is 0 Å². The molecule has 0 radical (unpaired) electrons. The summed E-state index contributed by atoms with van der Waals surface area (Å²) in [5.74, 6) is -0.202. The van der Waals surface area contributed by atoms with Crippen molar-refractivity contribution in [3.8, 4) is 0 Å². The zero-order chi connectivity index (χ0) is 16.8. The number of benzene rings is 1. The summed E-state index contributed by atoms with van der Waals surface area (Å²) < 4.78 is 0. The number of aryl methyl sites for hydroxylation is 1. The van der Waals surface area contributed by atoms with Crippen molar-refractivity contribution in [2.45, 2.75) is 37.1 Å². The summed E-state index contributed by atoms with van der Waals surface area (Å²) in [7, 11) is 0. The fourth-order valence-electron chi connectivity index (χ4n) is 1.94. The van der Waals surface area contributed by atoms with Crippen LogP contribution in [-0.2, 0) is 11.2 Å². The lowest BCUT2D eigenvalue weighted by Crippen LogP contribution is -2.23. The molecule has 0 saturated carbocycles. The second kappa shape index (κ2) is 8.17. The second-order valence-electron chi connectivity index (χ2n) is 5.02. The van der Waals surface area contributed by atoms with Crippen molar-refractivity contribution in [3.05, 3.63) is 51.4 Å². The highest BCUT2D eigenvalue weighted by molar-refractivity contribution is 8.00. The number of H-pyrrole nitrogens is 1. The third-order valence-electron chi connectivity index (χ3n) is 3.07. The van der Waals surface area contributed by atoms with E-state index in [1.54, 1.807) is 31.2 Å². The molecule has 1 heterocycles. The van der Waals surface area contributed by atoms with Gasteiger partial charge in [0.25, 0.3) is 5.56 Å². The SMILES string of the molecule is CCCc1cc(=O)[nH]c(S[C@@H](C)C(=O)Nc2ccccc2Cl)n1. The Balaban J connectivity index is 2.06. The van der Waals surface area contributed by atoms with E-state index in [9.17, 15) is 9.59 Å². The molecule has 23 heavy (non-hydrogen) atoms. The van der Waals surface area contributed by atoms with E-state index >= 15 is 0 Å². The molecule has 122 valence electrons. The molecule has 1 aromatic heterocycles. The first-order valence-electron chi connectivity index (χ1n) is 7.32. The van der Waals surface area contributed by atoms with Crippen LogP contribution in [0.2, 0.25) is 5.02 Å². The number of aromatic amines is 1. The van der Waals surface area contributed by atoms with Gasteiger partial charge in [0.05, 0.1) is 16.0 Å². The fourth-order valence-corrected chi connectivity index (χ4v) is 2.95. The van der Waals surface area contributed by atoms with Gasteiger partial charge in [-0.3, -0.25) is 9.59 Å². The Morgan fingerprint density at radius 2 is 2.17 bits per heavy atom. The first-order chi connectivity index (χ1) is 11.0. The largest absolute Gasteiger partial charge is 0.324 e. The molecule has 2 aromatic rings. The summed E-state index contributed by atoms with van der Waals surface area (Å²) in [5.41, 5.74) is 1.09. The van der Waals surface area contributed by atoms with Crippen LogP contribution >= 0.6 is 23.4 Å². The zero-order valence-electron chi connectivity index (χ0n) is 12.9. The molecule has 2 rings (SSSR count). The molecule has 2 N–H and O–H groups in total. The van der Waals surface area contributed by atoms with Gasteiger partial charge in [0.1, 0.15) is 0 Å². The number of nitrogens with zero attached hydrogens (tertiary/aromatic N) is 1. The maximum Gasteiger partial charge on any atom is 0.251 e. The lowest BCUT2D eigenvalue weighted by atomic mass is 10.2. The van der Waals surface area contributed by atoms with Gasteiger partial charge in [-0.25, -0.2) is 4.98 Å². The van der Waals surface area contributed by atoms with Gasteiger partial charge in [0, 0.05) is 11.8 Å². The standard InChI is InChI=1S/C16H18ClN3O2S/c1-3-6-11-9-14(21)20-16(18-11)23-10(2)15(22)19-13-8-5-4-7-12(13)17/h4-5,7-10H,3,6H2,1-2H3,(H,19,22)(H,18,20,21)/t10-/m0/s1. The quantitative estimate of drug-likeness (QED) is 0.617. The zero-order valence-corrected chi connectivity index (χ0v) is 14.5. The third kappa shape index (κ3) is 5.11. The molecule has 1 aromatic carbocycles. The number of para-hydroxylation sites is 1. The highest BCUT2D eigenvalue weighted by Crippen LogP contribution is 2.24. The molecular formula is C16H18ClN3O2S.